The number of benzene rings is 12. The molecule has 0 saturated heterocycles. The molecule has 0 fully saturated rings. The second-order valence-corrected chi connectivity index (χ2v) is 44.5. The molecule has 0 saturated carbocycles. The molecule has 0 amide bonds. The van der Waals surface area contributed by atoms with Gasteiger partial charge in [-0.25, -0.2) is 79.0 Å². The normalized spacial score (nSPS) is 10.7. The van der Waals surface area contributed by atoms with Gasteiger partial charge in [0.1, 0.15) is 4.03 Å². The molecule has 0 aliphatic heterocycles. The van der Waals surface area contributed by atoms with E-state index in [0.717, 1.165) is 140 Å². The number of alkyl halides is 2. The van der Waals surface area contributed by atoms with E-state index in [1.165, 1.54) is 0 Å². The minimum atomic E-state index is -1.62. The quantitative estimate of drug-likeness (QED) is 0.0391. The van der Waals surface area contributed by atoms with Gasteiger partial charge in [0, 0.05) is 10.7 Å². The Balaban J connectivity index is 0.000000368. The maximum atomic E-state index is 14.2. The van der Waals surface area contributed by atoms with E-state index in [-0.39, 0.29) is 110 Å². The first-order valence-electron chi connectivity index (χ1n) is 35.9. The Kier molecular flexibility index (Phi) is 39.2. The van der Waals surface area contributed by atoms with Crippen molar-refractivity contribution in [3.63, 3.8) is 0 Å². The minimum absolute atomic E-state index is 0. The van der Waals surface area contributed by atoms with E-state index < -0.39 is 118 Å². The second-order valence-electron chi connectivity index (χ2n) is 28.1. The maximum absolute atomic E-state index is 14.2. The van der Waals surface area contributed by atoms with Crippen LogP contribution in [0.4, 0.5) is 79.0 Å². The molecule has 0 heterocycles. The number of rotatable bonds is 13. The van der Waals surface area contributed by atoms with Gasteiger partial charge in [-0.05, 0) is 416 Å². The van der Waals surface area contributed by atoms with Crippen LogP contribution in [0.3, 0.4) is 0 Å². The van der Waals surface area contributed by atoms with Gasteiger partial charge >= 0.3 is 31.2 Å². The van der Waals surface area contributed by atoms with Gasteiger partial charge in [-0.15, -0.1) is 0 Å². The van der Waals surface area contributed by atoms with Crippen LogP contribution in [0, 0.1) is 202 Å². The Labute approximate surface area is 769 Å². The Bertz CT molecular complexity index is 5470. The number of aliphatic hydroxyl groups excluding tert-OH is 2. The van der Waals surface area contributed by atoms with Gasteiger partial charge < -0.3 is 11.6 Å². The summed E-state index contributed by atoms with van der Waals surface area (Å²) in [4.78, 5) is 32.5. The fraction of sp³-hybridized carbons (Fsp3) is 0.196. The molecule has 0 radical (unpaired) electrons. The second kappa shape index (κ2) is 45.6. The van der Waals surface area contributed by atoms with Crippen molar-refractivity contribution in [1.29, 1.82) is 0 Å². The van der Waals surface area contributed by atoms with Crippen LogP contribution in [-0.4, -0.2) is 39.9 Å². The number of aliphatic hydroxyl groups is 2. The van der Waals surface area contributed by atoms with E-state index in [4.69, 9.17) is 19.2 Å². The minimum Gasteiger partial charge on any atom is -1.00 e. The zero-order valence-corrected chi connectivity index (χ0v) is 76.7. The molecule has 648 valence electrons. The summed E-state index contributed by atoms with van der Waals surface area (Å²) in [6, 6.07) is 21.4. The van der Waals surface area contributed by atoms with Crippen LogP contribution in [-0.2, 0) is 43.1 Å². The summed E-state index contributed by atoms with van der Waals surface area (Å²) in [5.41, 5.74) is 20.3. The zero-order chi connectivity index (χ0) is 91.7. The molecular formula is C92H74AlBr5F18LiO6P. The summed E-state index contributed by atoms with van der Waals surface area (Å²) in [7, 11) is 0. The largest absolute Gasteiger partial charge is 1.00 e. The van der Waals surface area contributed by atoms with Crippen LogP contribution in [0.25, 0.3) is 100 Å². The number of hydrogen-bond donors (Lipinski definition) is 2. The first kappa shape index (κ1) is 107. The van der Waals surface area contributed by atoms with Gasteiger partial charge in [0.15, 0.2) is 122 Å². The van der Waals surface area contributed by atoms with Crippen LogP contribution in [0.2, 0.25) is 0 Å². The summed E-state index contributed by atoms with van der Waals surface area (Å²) in [6.45, 7) is 24.6. The van der Waals surface area contributed by atoms with E-state index >= 15 is 0 Å². The van der Waals surface area contributed by atoms with Crippen LogP contribution in [0.15, 0.2) is 109 Å². The standard InChI is InChI=1S/C30H22Br2F6.C30H24F6O2.C30H24F6.2CO2.Al.Br3P.Li.4H/c1-13-5-19(17-7-23(33)29(37)24(34)8-17)21(11-31)27(15(13)3)28-16(4)14(2)6-20(22(28)12-32)18-9-25(35)30(38)26(36)10-18;1-13-5-19(17-7-23(31)29(35)24(32)8-17)21(11-37)27(15(13)3)28-16(4)14(2)6-20(22(28)12-38)18-9-25(33)30(36)26(34)10-18;1-13-7-21(19-9-23(31)29(35)24(32)10-19)17(5)27(15(13)3)28-16(4)14(2)8-22(18(28)6)20-11-25(33)30(36)26(34)12-20;2*2-1-3;;1-4(2)3;;;;;/h5-10H,11-12H2,1-4H3;5-10,37-38H,11-12H2,1-4H3;7-12H,1-6H3;;;;;;;;;/q;;;;;;;+1;;;;-1. The fourth-order valence-corrected chi connectivity index (χ4v) is 15.7. The summed E-state index contributed by atoms with van der Waals surface area (Å²) in [5.74, 6) is -25.3. The Hall–Kier alpha value is -7.98. The van der Waals surface area contributed by atoms with E-state index in [2.05, 4.69) is 78.3 Å². The molecule has 2 N–H and O–H groups in total. The molecule has 6 nitrogen and oxygen atoms in total. The monoisotopic (exact) mass is 2080 g/mol. The Morgan fingerprint density at radius 2 is 0.387 bits per heavy atom. The molecule has 0 aromatic heterocycles. The average molecular weight is 2080 g/mol. The van der Waals surface area contributed by atoms with Crippen molar-refractivity contribution in [2.75, 3.05) is 0 Å². The van der Waals surface area contributed by atoms with Gasteiger partial charge in [0.2, 0.25) is 0 Å². The zero-order valence-electron chi connectivity index (χ0n) is 68.9. The molecule has 0 bridgehead atoms. The topological polar surface area (TPSA) is 109 Å². The average Bonchev–Trinajstić information content (AvgIpc) is 0.751. The molecule has 0 aliphatic carbocycles. The summed E-state index contributed by atoms with van der Waals surface area (Å²) in [5, 5.41) is 21.5. The third kappa shape index (κ3) is 22.9. The first-order valence-corrected chi connectivity index (χ1v) is 45.6. The molecule has 0 atom stereocenters. The van der Waals surface area contributed by atoms with Crippen molar-refractivity contribution in [3.05, 3.63) is 314 Å². The smallest absolute Gasteiger partial charge is 1.00 e. The van der Waals surface area contributed by atoms with Crippen molar-refractivity contribution in [3.8, 4) is 100 Å². The number of carbonyl (C=O) groups excluding carboxylic acids is 4. The summed E-state index contributed by atoms with van der Waals surface area (Å²) >= 11 is 16.6. The molecule has 12 aromatic rings. The summed E-state index contributed by atoms with van der Waals surface area (Å²) < 4.78 is 252. The number of hydrogen-bond acceptors (Lipinski definition) is 6. The van der Waals surface area contributed by atoms with Crippen molar-refractivity contribution >= 4 is 112 Å². The fourth-order valence-electron chi connectivity index (χ4n) is 14.6. The van der Waals surface area contributed by atoms with Gasteiger partial charge in [0.25, 0.3) is 0 Å². The van der Waals surface area contributed by atoms with E-state index in [0.29, 0.717) is 88.5 Å². The predicted octanol–water partition coefficient (Wildman–Crippen LogP) is 25.8. The molecule has 124 heavy (non-hydrogen) atoms. The third-order valence-corrected chi connectivity index (χ3v) is 22.3. The molecule has 0 aliphatic rings. The predicted molar refractivity (Wildman–Crippen MR) is 466 cm³/mol. The van der Waals surface area contributed by atoms with Gasteiger partial charge in [-0.3, -0.25) is 0 Å². The molecule has 12 rings (SSSR count). The Morgan fingerprint density at radius 3 is 0.540 bits per heavy atom. The van der Waals surface area contributed by atoms with E-state index in [1.54, 1.807) is 64.1 Å². The first-order chi connectivity index (χ1) is 57.2. The molecule has 32 heteroatoms. The van der Waals surface area contributed by atoms with Crippen molar-refractivity contribution in [2.24, 2.45) is 0 Å². The van der Waals surface area contributed by atoms with E-state index in [9.17, 15) is 89.2 Å². The maximum Gasteiger partial charge on any atom is 1.00 e. The SMILES string of the molecule is BrP(Br)Br.Cc1cc(-c2cc(F)c(F)c(F)c2)c(C)c(-c2c(C)c(C)cc(-c3cc(F)c(F)c(F)c3)c2C)c1C.Cc1cc(-c2cc(F)c(F)c(F)c2)c(CBr)c(-c2c(C)c(C)cc(-c3cc(F)c(F)c(F)c3)c2CBr)c1C.Cc1cc(-c2cc(F)c(F)c(F)c2)c(CO)c(-c2c(C)c(C)cc(-c3cc(F)c(F)c(F)c3)c2CO)c1C.O=C=O.O=C=O.[AlH3].[H-].[Li+]. The summed E-state index contributed by atoms with van der Waals surface area (Å²) in [6.07, 6.45) is 0.500. The van der Waals surface area contributed by atoms with Crippen molar-refractivity contribution < 1.29 is 129 Å². The van der Waals surface area contributed by atoms with Crippen molar-refractivity contribution in [2.45, 2.75) is 121 Å². The number of aryl methyl sites for hydroxylation is 6. The molecule has 12 aromatic carbocycles. The third-order valence-electron chi connectivity index (χ3n) is 21.1. The van der Waals surface area contributed by atoms with Crippen molar-refractivity contribution in [1.82, 2.24) is 0 Å². The van der Waals surface area contributed by atoms with Crippen LogP contribution in [0.1, 0.15) is 102 Å². The van der Waals surface area contributed by atoms with Crippen LogP contribution in [0.5, 0.6) is 0 Å². The van der Waals surface area contributed by atoms with Gasteiger partial charge in [0.05, 0.1) is 13.2 Å². The molecule has 0 spiro atoms. The van der Waals surface area contributed by atoms with Gasteiger partial charge in [-0.2, -0.15) is 19.2 Å². The van der Waals surface area contributed by atoms with Crippen LogP contribution >= 0.6 is 82.4 Å². The van der Waals surface area contributed by atoms with Gasteiger partial charge in [-0.1, -0.05) is 68.3 Å². The molecular weight excluding hydrogens is 2010 g/mol. The Morgan fingerprint density at radius 1 is 0.258 bits per heavy atom. The molecule has 0 unspecified atom stereocenters. The van der Waals surface area contributed by atoms with E-state index in [1.807, 2.05) is 69.2 Å². The van der Waals surface area contributed by atoms with Crippen LogP contribution < -0.4 is 18.9 Å². The number of halogens is 23.